The fourth-order valence-corrected chi connectivity index (χ4v) is 2.65. The zero-order chi connectivity index (χ0) is 14.0. The van der Waals surface area contributed by atoms with Crippen LogP contribution in [0.3, 0.4) is 0 Å². The summed E-state index contributed by atoms with van der Waals surface area (Å²) in [5.74, 6) is 1.16. The van der Waals surface area contributed by atoms with Gasteiger partial charge in [-0.1, -0.05) is 48.3 Å². The first kappa shape index (κ1) is 14.1. The van der Waals surface area contributed by atoms with Gasteiger partial charge in [-0.2, -0.15) is 5.10 Å². The van der Waals surface area contributed by atoms with Crippen molar-refractivity contribution in [3.63, 3.8) is 0 Å². The Morgan fingerprint density at radius 2 is 1.95 bits per heavy atom. The number of aromatic nitrogens is 2. The summed E-state index contributed by atoms with van der Waals surface area (Å²) in [6.07, 6.45) is 2.28. The molecule has 0 radical (unpaired) electrons. The number of rotatable bonds is 4. The molecular formula is C15H20BrN3. The summed E-state index contributed by atoms with van der Waals surface area (Å²) in [5, 5.41) is 4.61. The lowest BCUT2D eigenvalue weighted by Gasteiger charge is -2.10. The number of benzene rings is 1. The topological polar surface area (TPSA) is 43.8 Å². The summed E-state index contributed by atoms with van der Waals surface area (Å²) in [7, 11) is 1.90. The van der Waals surface area contributed by atoms with Gasteiger partial charge in [-0.25, -0.2) is 0 Å². The average Bonchev–Trinajstić information content (AvgIpc) is 2.68. The monoisotopic (exact) mass is 321 g/mol. The van der Waals surface area contributed by atoms with Gasteiger partial charge in [0.1, 0.15) is 5.82 Å². The molecule has 1 aromatic heterocycles. The molecule has 19 heavy (non-hydrogen) atoms. The van der Waals surface area contributed by atoms with Crippen LogP contribution in [0.25, 0.3) is 11.1 Å². The highest BCUT2D eigenvalue weighted by atomic mass is 79.9. The maximum atomic E-state index is 6.20. The molecule has 2 N–H and O–H groups in total. The first-order chi connectivity index (χ1) is 9.04. The van der Waals surface area contributed by atoms with Crippen molar-refractivity contribution in [1.29, 1.82) is 0 Å². The largest absolute Gasteiger partial charge is 0.383 e. The molecule has 1 atom stereocenters. The predicted octanol–water partition coefficient (Wildman–Crippen LogP) is 4.34. The van der Waals surface area contributed by atoms with Gasteiger partial charge in [0.15, 0.2) is 0 Å². The summed E-state index contributed by atoms with van der Waals surface area (Å²) in [4.78, 5) is 0. The van der Waals surface area contributed by atoms with Crippen molar-refractivity contribution >= 4 is 21.7 Å². The molecule has 3 nitrogen and oxygen atoms in total. The van der Waals surface area contributed by atoms with E-state index in [9.17, 15) is 0 Å². The van der Waals surface area contributed by atoms with Crippen molar-refractivity contribution in [2.45, 2.75) is 32.6 Å². The summed E-state index contributed by atoms with van der Waals surface area (Å²) in [6.45, 7) is 4.41. The first-order valence-corrected chi connectivity index (χ1v) is 7.42. The van der Waals surface area contributed by atoms with Crippen LogP contribution in [0, 0.1) is 0 Å². The van der Waals surface area contributed by atoms with Gasteiger partial charge in [-0.15, -0.1) is 0 Å². The number of hydrogen-bond donors (Lipinski definition) is 1. The number of anilines is 1. The molecule has 102 valence electrons. The first-order valence-electron chi connectivity index (χ1n) is 6.62. The molecular weight excluding hydrogens is 302 g/mol. The molecule has 4 heteroatoms. The van der Waals surface area contributed by atoms with Crippen LogP contribution in [0.1, 0.15) is 38.3 Å². The lowest BCUT2D eigenvalue weighted by Crippen LogP contribution is -1.98. The van der Waals surface area contributed by atoms with Crippen LogP contribution < -0.4 is 5.73 Å². The van der Waals surface area contributed by atoms with E-state index >= 15 is 0 Å². The summed E-state index contributed by atoms with van der Waals surface area (Å²) in [6, 6.07) is 8.24. The predicted molar refractivity (Wildman–Crippen MR) is 84.1 cm³/mol. The number of hydrogen-bond acceptors (Lipinski definition) is 2. The molecule has 1 heterocycles. The lowest BCUT2D eigenvalue weighted by atomic mass is 9.95. The number of halogens is 1. The Balaban J connectivity index is 2.51. The second-order valence-electron chi connectivity index (χ2n) is 4.97. The number of aryl methyl sites for hydroxylation is 1. The number of nitrogens with zero attached hydrogens (tertiary/aromatic N) is 2. The smallest absolute Gasteiger partial charge is 0.129 e. The molecule has 1 aromatic carbocycles. The highest BCUT2D eigenvalue weighted by molar-refractivity contribution is 9.10. The van der Waals surface area contributed by atoms with E-state index in [1.165, 1.54) is 0 Å². The Morgan fingerprint density at radius 1 is 1.32 bits per heavy atom. The standard InChI is InChI=1S/C15H20BrN3/c1-4-5-10(2)14-13(15(17)19(3)18-14)11-6-8-12(16)9-7-11/h6-10H,4-5,17H2,1-3H3. The Morgan fingerprint density at radius 3 is 2.53 bits per heavy atom. The number of nitrogen functional groups attached to an aromatic ring is 1. The maximum absolute atomic E-state index is 6.20. The normalized spacial score (nSPS) is 12.6. The third-order valence-electron chi connectivity index (χ3n) is 3.44. The minimum absolute atomic E-state index is 0.423. The van der Waals surface area contributed by atoms with Crippen LogP contribution in [-0.4, -0.2) is 9.78 Å². The Kier molecular flexibility index (Phi) is 4.30. The molecule has 1 unspecified atom stereocenters. The van der Waals surface area contributed by atoms with E-state index in [2.05, 4.69) is 47.0 Å². The van der Waals surface area contributed by atoms with Crippen molar-refractivity contribution in [1.82, 2.24) is 9.78 Å². The minimum atomic E-state index is 0.423. The zero-order valence-electron chi connectivity index (χ0n) is 11.7. The van der Waals surface area contributed by atoms with E-state index in [4.69, 9.17) is 5.73 Å². The average molecular weight is 322 g/mol. The quantitative estimate of drug-likeness (QED) is 0.910. The molecule has 0 spiro atoms. The summed E-state index contributed by atoms with van der Waals surface area (Å²) >= 11 is 3.46. The third-order valence-corrected chi connectivity index (χ3v) is 3.97. The van der Waals surface area contributed by atoms with Crippen molar-refractivity contribution < 1.29 is 0 Å². The zero-order valence-corrected chi connectivity index (χ0v) is 13.2. The lowest BCUT2D eigenvalue weighted by molar-refractivity contribution is 0.627. The maximum Gasteiger partial charge on any atom is 0.129 e. The fourth-order valence-electron chi connectivity index (χ4n) is 2.39. The van der Waals surface area contributed by atoms with Crippen molar-refractivity contribution in [3.05, 3.63) is 34.4 Å². The van der Waals surface area contributed by atoms with E-state index in [-0.39, 0.29) is 0 Å². The molecule has 0 aliphatic carbocycles. The summed E-state index contributed by atoms with van der Waals surface area (Å²) in [5.41, 5.74) is 9.51. The van der Waals surface area contributed by atoms with E-state index in [1.807, 2.05) is 19.2 Å². The Bertz CT molecular complexity index is 558. The van der Waals surface area contributed by atoms with Gasteiger partial charge in [0, 0.05) is 23.0 Å². The van der Waals surface area contributed by atoms with E-state index in [0.29, 0.717) is 5.92 Å². The molecule has 0 aliphatic rings. The van der Waals surface area contributed by atoms with Gasteiger partial charge < -0.3 is 5.73 Å². The van der Waals surface area contributed by atoms with Crippen LogP contribution in [0.4, 0.5) is 5.82 Å². The second-order valence-corrected chi connectivity index (χ2v) is 5.88. The van der Waals surface area contributed by atoms with Crippen molar-refractivity contribution in [2.75, 3.05) is 5.73 Å². The molecule has 0 saturated heterocycles. The van der Waals surface area contributed by atoms with Crippen LogP contribution >= 0.6 is 15.9 Å². The van der Waals surface area contributed by atoms with Gasteiger partial charge in [0.2, 0.25) is 0 Å². The Hall–Kier alpha value is -1.29. The fraction of sp³-hybridized carbons (Fsp3) is 0.400. The molecule has 0 amide bonds. The van der Waals surface area contributed by atoms with E-state index < -0.39 is 0 Å². The van der Waals surface area contributed by atoms with Gasteiger partial charge >= 0.3 is 0 Å². The van der Waals surface area contributed by atoms with Crippen molar-refractivity contribution in [2.24, 2.45) is 7.05 Å². The van der Waals surface area contributed by atoms with Crippen LogP contribution in [0.15, 0.2) is 28.7 Å². The summed E-state index contributed by atoms with van der Waals surface area (Å²) < 4.78 is 2.85. The van der Waals surface area contributed by atoms with Crippen LogP contribution in [-0.2, 0) is 7.05 Å². The molecule has 0 bridgehead atoms. The van der Waals surface area contributed by atoms with Gasteiger partial charge in [-0.05, 0) is 24.1 Å². The Labute approximate surface area is 122 Å². The van der Waals surface area contributed by atoms with Gasteiger partial charge in [-0.3, -0.25) is 4.68 Å². The highest BCUT2D eigenvalue weighted by Gasteiger charge is 2.19. The third kappa shape index (κ3) is 2.84. The number of nitrogens with two attached hydrogens (primary N) is 1. The van der Waals surface area contributed by atoms with Crippen LogP contribution in [0.2, 0.25) is 0 Å². The SMILES string of the molecule is CCCC(C)c1nn(C)c(N)c1-c1ccc(Br)cc1. The van der Waals surface area contributed by atoms with Crippen molar-refractivity contribution in [3.8, 4) is 11.1 Å². The molecule has 0 fully saturated rings. The van der Waals surface area contributed by atoms with Crippen LogP contribution in [0.5, 0.6) is 0 Å². The van der Waals surface area contributed by atoms with E-state index in [1.54, 1.807) is 4.68 Å². The highest BCUT2D eigenvalue weighted by Crippen LogP contribution is 2.35. The van der Waals surface area contributed by atoms with Gasteiger partial charge in [0.05, 0.1) is 5.69 Å². The second kappa shape index (κ2) is 5.78. The van der Waals surface area contributed by atoms with Gasteiger partial charge in [0.25, 0.3) is 0 Å². The molecule has 0 aliphatic heterocycles. The molecule has 2 rings (SSSR count). The molecule has 0 saturated carbocycles. The minimum Gasteiger partial charge on any atom is -0.383 e. The van der Waals surface area contributed by atoms with E-state index in [0.717, 1.165) is 40.0 Å². The molecule has 2 aromatic rings.